The summed E-state index contributed by atoms with van der Waals surface area (Å²) in [7, 11) is 0. The Labute approximate surface area is 134 Å². The van der Waals surface area contributed by atoms with Crippen molar-refractivity contribution in [3.05, 3.63) is 63.7 Å². The highest BCUT2D eigenvalue weighted by atomic mass is 16.6. The van der Waals surface area contributed by atoms with Crippen molar-refractivity contribution in [3.63, 3.8) is 0 Å². The summed E-state index contributed by atoms with van der Waals surface area (Å²) in [5.41, 5.74) is 3.34. The molecule has 0 atom stereocenters. The lowest BCUT2D eigenvalue weighted by Gasteiger charge is -2.10. The highest BCUT2D eigenvalue weighted by Crippen LogP contribution is 2.21. The number of hydrogen-bond acceptors (Lipinski definition) is 4. The first-order valence-corrected chi connectivity index (χ1v) is 7.37. The molecule has 0 saturated carbocycles. The number of nitrogens with one attached hydrogen (secondary N) is 2. The number of nitrogens with zero attached hydrogens (tertiary/aromatic N) is 1. The topological polar surface area (TPSA) is 84.3 Å². The molecule has 0 aliphatic carbocycles. The highest BCUT2D eigenvalue weighted by molar-refractivity contribution is 5.94. The van der Waals surface area contributed by atoms with E-state index < -0.39 is 4.92 Å². The quantitative estimate of drug-likeness (QED) is 0.631. The van der Waals surface area contributed by atoms with Gasteiger partial charge in [0, 0.05) is 23.5 Å². The van der Waals surface area contributed by atoms with Gasteiger partial charge in [-0.25, -0.2) is 0 Å². The van der Waals surface area contributed by atoms with Crippen LogP contribution in [0.3, 0.4) is 0 Å². The van der Waals surface area contributed by atoms with E-state index in [-0.39, 0.29) is 18.1 Å². The number of anilines is 2. The molecule has 0 saturated heterocycles. The van der Waals surface area contributed by atoms with Crippen LogP contribution in [0.4, 0.5) is 17.1 Å². The van der Waals surface area contributed by atoms with Crippen LogP contribution in [0.5, 0.6) is 0 Å². The number of nitro groups is 1. The maximum atomic E-state index is 12.0. The number of carbonyl (C=O) groups is 1. The number of non-ortho nitro benzene ring substituents is 1. The summed E-state index contributed by atoms with van der Waals surface area (Å²) < 4.78 is 0. The van der Waals surface area contributed by atoms with E-state index in [0.29, 0.717) is 11.3 Å². The van der Waals surface area contributed by atoms with Gasteiger partial charge >= 0.3 is 0 Å². The normalized spacial score (nSPS) is 10.2. The zero-order valence-corrected chi connectivity index (χ0v) is 13.1. The Kier molecular flexibility index (Phi) is 5.30. The monoisotopic (exact) mass is 313 g/mol. The van der Waals surface area contributed by atoms with Crippen LogP contribution in [0.2, 0.25) is 0 Å². The van der Waals surface area contributed by atoms with E-state index in [4.69, 9.17) is 0 Å². The molecule has 0 spiro atoms. The van der Waals surface area contributed by atoms with Crippen LogP contribution < -0.4 is 10.6 Å². The first kappa shape index (κ1) is 16.5. The summed E-state index contributed by atoms with van der Waals surface area (Å²) in [5, 5.41) is 16.5. The fourth-order valence-electron chi connectivity index (χ4n) is 2.14. The maximum Gasteiger partial charge on any atom is 0.269 e. The lowest BCUT2D eigenvalue weighted by atomic mass is 10.1. The molecule has 0 heterocycles. The summed E-state index contributed by atoms with van der Waals surface area (Å²) in [4.78, 5) is 22.2. The first-order valence-electron chi connectivity index (χ1n) is 7.37. The van der Waals surface area contributed by atoms with Gasteiger partial charge < -0.3 is 10.6 Å². The second-order valence-electron chi connectivity index (χ2n) is 5.21. The number of benzene rings is 2. The lowest BCUT2D eigenvalue weighted by Crippen LogP contribution is -2.22. The Morgan fingerprint density at radius 3 is 2.43 bits per heavy atom. The number of carbonyl (C=O) groups excluding carboxylic acids is 1. The molecule has 2 aromatic carbocycles. The number of rotatable bonds is 6. The van der Waals surface area contributed by atoms with Gasteiger partial charge in [-0.15, -0.1) is 0 Å². The third-order valence-electron chi connectivity index (χ3n) is 3.51. The van der Waals surface area contributed by atoms with Gasteiger partial charge in [0.15, 0.2) is 0 Å². The van der Waals surface area contributed by atoms with Gasteiger partial charge in [-0.2, -0.15) is 0 Å². The largest absolute Gasteiger partial charge is 0.376 e. The standard InChI is InChI=1S/C17H19N3O3/c1-3-13-4-6-14(7-5-13)18-11-17(21)19-16-9-8-15(20(22)23)10-12(16)2/h4-10,18H,3,11H2,1-2H3,(H,19,21). The zero-order chi connectivity index (χ0) is 16.8. The molecule has 2 rings (SSSR count). The molecular formula is C17H19N3O3. The Hall–Kier alpha value is -2.89. The van der Waals surface area contributed by atoms with E-state index in [1.807, 2.05) is 24.3 Å². The van der Waals surface area contributed by atoms with Gasteiger partial charge in [0.2, 0.25) is 5.91 Å². The zero-order valence-electron chi connectivity index (χ0n) is 13.1. The molecule has 0 aliphatic rings. The molecule has 0 fully saturated rings. The Morgan fingerprint density at radius 2 is 1.87 bits per heavy atom. The van der Waals surface area contributed by atoms with E-state index in [2.05, 4.69) is 17.6 Å². The van der Waals surface area contributed by atoms with Gasteiger partial charge in [0.25, 0.3) is 5.69 Å². The predicted molar refractivity (Wildman–Crippen MR) is 90.8 cm³/mol. The van der Waals surface area contributed by atoms with Crippen LogP contribution >= 0.6 is 0 Å². The minimum Gasteiger partial charge on any atom is -0.376 e. The van der Waals surface area contributed by atoms with Crippen LogP contribution in [-0.4, -0.2) is 17.4 Å². The lowest BCUT2D eigenvalue weighted by molar-refractivity contribution is -0.384. The molecule has 2 N–H and O–H groups in total. The minimum absolute atomic E-state index is 0.00892. The van der Waals surface area contributed by atoms with Gasteiger partial charge in [-0.1, -0.05) is 19.1 Å². The molecule has 120 valence electrons. The van der Waals surface area contributed by atoms with Crippen LogP contribution in [-0.2, 0) is 11.2 Å². The number of nitro benzene ring substituents is 1. The van der Waals surface area contributed by atoms with E-state index in [1.54, 1.807) is 13.0 Å². The van der Waals surface area contributed by atoms with E-state index >= 15 is 0 Å². The second kappa shape index (κ2) is 7.40. The van der Waals surface area contributed by atoms with Crippen molar-refractivity contribution >= 4 is 23.0 Å². The van der Waals surface area contributed by atoms with Crippen LogP contribution in [0, 0.1) is 17.0 Å². The molecule has 23 heavy (non-hydrogen) atoms. The third kappa shape index (κ3) is 4.54. The number of aryl methyl sites for hydroxylation is 2. The van der Waals surface area contributed by atoms with Crippen LogP contribution in [0.1, 0.15) is 18.1 Å². The van der Waals surface area contributed by atoms with Gasteiger partial charge in [-0.05, 0) is 42.7 Å². The third-order valence-corrected chi connectivity index (χ3v) is 3.51. The molecule has 2 aromatic rings. The fraction of sp³-hybridized carbons (Fsp3) is 0.235. The smallest absolute Gasteiger partial charge is 0.269 e. The van der Waals surface area contributed by atoms with E-state index in [1.165, 1.54) is 17.7 Å². The average Bonchev–Trinajstić information content (AvgIpc) is 2.55. The molecule has 6 heteroatoms. The molecule has 6 nitrogen and oxygen atoms in total. The second-order valence-corrected chi connectivity index (χ2v) is 5.21. The Balaban J connectivity index is 1.92. The molecular weight excluding hydrogens is 294 g/mol. The summed E-state index contributed by atoms with van der Waals surface area (Å²) in [5.74, 6) is -0.207. The van der Waals surface area contributed by atoms with Gasteiger partial charge in [-0.3, -0.25) is 14.9 Å². The number of hydrogen-bond donors (Lipinski definition) is 2. The van der Waals surface area contributed by atoms with Crippen molar-refractivity contribution in [2.45, 2.75) is 20.3 Å². The van der Waals surface area contributed by atoms with Crippen LogP contribution in [0.25, 0.3) is 0 Å². The molecule has 0 unspecified atom stereocenters. The van der Waals surface area contributed by atoms with Crippen molar-refractivity contribution in [2.75, 3.05) is 17.2 Å². The van der Waals surface area contributed by atoms with Crippen molar-refractivity contribution < 1.29 is 9.72 Å². The summed E-state index contributed by atoms with van der Waals surface area (Å²) in [6.45, 7) is 3.93. The van der Waals surface area contributed by atoms with Gasteiger partial charge in [0.1, 0.15) is 0 Å². The first-order chi connectivity index (χ1) is 11.0. The molecule has 0 bridgehead atoms. The van der Waals surface area contributed by atoms with Crippen molar-refractivity contribution in [2.24, 2.45) is 0 Å². The highest BCUT2D eigenvalue weighted by Gasteiger charge is 2.10. The van der Waals surface area contributed by atoms with Gasteiger partial charge in [0.05, 0.1) is 11.5 Å². The maximum absolute atomic E-state index is 12.0. The Morgan fingerprint density at radius 1 is 1.17 bits per heavy atom. The van der Waals surface area contributed by atoms with Crippen molar-refractivity contribution in [3.8, 4) is 0 Å². The molecule has 0 radical (unpaired) electrons. The SMILES string of the molecule is CCc1ccc(NCC(=O)Nc2ccc([N+](=O)[O-])cc2C)cc1. The van der Waals surface area contributed by atoms with Crippen molar-refractivity contribution in [1.29, 1.82) is 0 Å². The molecule has 0 aromatic heterocycles. The Bertz CT molecular complexity index is 712. The van der Waals surface area contributed by atoms with Crippen molar-refractivity contribution in [1.82, 2.24) is 0 Å². The van der Waals surface area contributed by atoms with Crippen LogP contribution in [0.15, 0.2) is 42.5 Å². The molecule has 0 aliphatic heterocycles. The predicted octanol–water partition coefficient (Wildman–Crippen LogP) is 3.52. The minimum atomic E-state index is -0.458. The van der Waals surface area contributed by atoms with E-state index in [9.17, 15) is 14.9 Å². The number of amides is 1. The van der Waals surface area contributed by atoms with E-state index in [0.717, 1.165) is 12.1 Å². The summed E-state index contributed by atoms with van der Waals surface area (Å²) in [6.07, 6.45) is 0.972. The summed E-state index contributed by atoms with van der Waals surface area (Å²) in [6, 6.07) is 12.3. The molecule has 1 amide bonds. The fourth-order valence-corrected chi connectivity index (χ4v) is 2.14. The summed E-state index contributed by atoms with van der Waals surface area (Å²) >= 11 is 0. The average molecular weight is 313 g/mol.